The molecule has 0 fully saturated rings. The van der Waals surface area contributed by atoms with E-state index >= 15 is 0 Å². The number of phenols is 2. The number of carbonyl (C=O) groups is 1. The molecule has 0 saturated heterocycles. The number of carbonyl (C=O) groups excluding carboxylic acids is 1. The molecule has 0 aliphatic heterocycles. The Balaban J connectivity index is 0.00000144. The van der Waals surface area contributed by atoms with Crippen molar-refractivity contribution in [2.24, 2.45) is 0 Å². The van der Waals surface area contributed by atoms with E-state index < -0.39 is 11.5 Å². The van der Waals surface area contributed by atoms with Crippen LogP contribution in [0.3, 0.4) is 0 Å². The summed E-state index contributed by atoms with van der Waals surface area (Å²) in [5, 5.41) is 28.5. The van der Waals surface area contributed by atoms with Gasteiger partial charge in [-0.2, -0.15) is 0 Å². The van der Waals surface area contributed by atoms with E-state index in [0.717, 1.165) is 6.07 Å². The van der Waals surface area contributed by atoms with E-state index in [9.17, 15) is 9.90 Å². The summed E-state index contributed by atoms with van der Waals surface area (Å²) in [6.45, 7) is 1.49. The van der Waals surface area contributed by atoms with Gasteiger partial charge in [0.05, 0.1) is 5.97 Å². The Morgan fingerprint density at radius 2 is 1.92 bits per heavy atom. The maximum Gasteiger partial charge on any atom is 1.00 e. The van der Waals surface area contributed by atoms with E-state index in [1.165, 1.54) is 13.0 Å². The van der Waals surface area contributed by atoms with Crippen LogP contribution >= 0.6 is 0 Å². The molecular formula is C8H7NaO4. The van der Waals surface area contributed by atoms with Gasteiger partial charge in [0.25, 0.3) is 0 Å². The summed E-state index contributed by atoms with van der Waals surface area (Å²) >= 11 is 0. The number of aromatic carboxylic acids is 1. The van der Waals surface area contributed by atoms with Crippen molar-refractivity contribution in [3.05, 3.63) is 23.3 Å². The molecule has 0 spiro atoms. The Labute approximate surface area is 97.1 Å². The van der Waals surface area contributed by atoms with Crippen molar-refractivity contribution in [3.8, 4) is 11.5 Å². The van der Waals surface area contributed by atoms with Gasteiger partial charge in [-0.1, -0.05) is 0 Å². The maximum absolute atomic E-state index is 10.3. The van der Waals surface area contributed by atoms with Gasteiger partial charge in [0.15, 0.2) is 0 Å². The van der Waals surface area contributed by atoms with Gasteiger partial charge in [-0.3, -0.25) is 0 Å². The Morgan fingerprint density at radius 3 is 2.38 bits per heavy atom. The molecule has 0 aromatic heterocycles. The molecule has 0 saturated carbocycles. The fourth-order valence-electron chi connectivity index (χ4n) is 0.916. The predicted octanol–water partition coefficient (Wildman–Crippen LogP) is -3.23. The van der Waals surface area contributed by atoms with Crippen LogP contribution in [0.2, 0.25) is 0 Å². The quantitative estimate of drug-likeness (QED) is 0.360. The smallest absolute Gasteiger partial charge is 0.545 e. The fourth-order valence-corrected chi connectivity index (χ4v) is 0.916. The number of hydrogen-bond acceptors (Lipinski definition) is 4. The summed E-state index contributed by atoms with van der Waals surface area (Å²) in [6.07, 6.45) is 0. The average molecular weight is 190 g/mol. The number of aromatic hydroxyl groups is 2. The molecule has 1 aromatic rings. The van der Waals surface area contributed by atoms with Gasteiger partial charge in [-0.25, -0.2) is 0 Å². The van der Waals surface area contributed by atoms with E-state index in [-0.39, 0.29) is 41.1 Å². The molecule has 64 valence electrons. The first kappa shape index (κ1) is 12.3. The molecule has 2 N–H and O–H groups in total. The Hall–Kier alpha value is -0.710. The van der Waals surface area contributed by atoms with Crippen LogP contribution in [-0.2, 0) is 0 Å². The molecular weight excluding hydrogens is 183 g/mol. The first-order chi connectivity index (χ1) is 5.52. The number of rotatable bonds is 1. The van der Waals surface area contributed by atoms with Gasteiger partial charge >= 0.3 is 29.6 Å². The summed E-state index contributed by atoms with van der Waals surface area (Å²) in [5.41, 5.74) is -0.0956. The topological polar surface area (TPSA) is 80.6 Å². The number of phenolic OH excluding ortho intramolecular Hbond substituents is 1. The average Bonchev–Trinajstić information content (AvgIpc) is 1.96. The second-order valence-corrected chi connectivity index (χ2v) is 2.45. The van der Waals surface area contributed by atoms with Crippen molar-refractivity contribution in [1.29, 1.82) is 0 Å². The van der Waals surface area contributed by atoms with E-state index in [4.69, 9.17) is 10.2 Å². The number of aryl methyl sites for hydroxylation is 1. The van der Waals surface area contributed by atoms with Crippen LogP contribution in [-0.4, -0.2) is 16.2 Å². The van der Waals surface area contributed by atoms with Gasteiger partial charge in [-0.15, -0.1) is 0 Å². The number of hydrogen-bond donors (Lipinski definition) is 2. The first-order valence-corrected chi connectivity index (χ1v) is 3.26. The summed E-state index contributed by atoms with van der Waals surface area (Å²) in [7, 11) is 0. The largest absolute Gasteiger partial charge is 1.00 e. The standard InChI is InChI=1S/C8H8O4.Na/c1-4-2-5(9)3-6(7(4)10)8(11)12;/h2-3,9-10H,1H3,(H,11,12);/q;+1/p-1. The summed E-state index contributed by atoms with van der Waals surface area (Å²) in [5.74, 6) is -2.08. The summed E-state index contributed by atoms with van der Waals surface area (Å²) in [4.78, 5) is 10.3. The second kappa shape index (κ2) is 4.50. The molecule has 1 aromatic carbocycles. The minimum atomic E-state index is -1.51. The second-order valence-electron chi connectivity index (χ2n) is 2.45. The van der Waals surface area contributed by atoms with Gasteiger partial charge in [0, 0.05) is 5.56 Å². The predicted molar refractivity (Wildman–Crippen MR) is 38.8 cm³/mol. The van der Waals surface area contributed by atoms with Crippen LogP contribution in [0.15, 0.2) is 12.1 Å². The summed E-state index contributed by atoms with van der Waals surface area (Å²) in [6, 6.07) is 2.21. The first-order valence-electron chi connectivity index (χ1n) is 3.26. The number of carboxylic acid groups (broad SMARTS) is 1. The van der Waals surface area contributed by atoms with Crippen LogP contribution in [0.4, 0.5) is 0 Å². The summed E-state index contributed by atoms with van der Waals surface area (Å²) < 4.78 is 0. The van der Waals surface area contributed by atoms with Crippen LogP contribution in [0, 0.1) is 6.92 Å². The van der Waals surface area contributed by atoms with Crippen molar-refractivity contribution >= 4 is 5.97 Å². The van der Waals surface area contributed by atoms with E-state index in [1.807, 2.05) is 0 Å². The Kier molecular flexibility index (Phi) is 4.26. The molecule has 0 amide bonds. The van der Waals surface area contributed by atoms with E-state index in [1.54, 1.807) is 0 Å². The molecule has 1 rings (SSSR count). The van der Waals surface area contributed by atoms with Crippen molar-refractivity contribution in [3.63, 3.8) is 0 Å². The molecule has 0 heterocycles. The van der Waals surface area contributed by atoms with Crippen molar-refractivity contribution in [1.82, 2.24) is 0 Å². The third-order valence-electron chi connectivity index (χ3n) is 1.51. The molecule has 0 unspecified atom stereocenters. The Bertz CT molecular complexity index is 335. The molecule has 13 heavy (non-hydrogen) atoms. The third-order valence-corrected chi connectivity index (χ3v) is 1.51. The van der Waals surface area contributed by atoms with Gasteiger partial charge in [0.1, 0.15) is 11.5 Å². The number of carboxylic acids is 1. The van der Waals surface area contributed by atoms with Crippen molar-refractivity contribution < 1.29 is 49.7 Å². The zero-order valence-electron chi connectivity index (χ0n) is 7.37. The number of benzene rings is 1. The van der Waals surface area contributed by atoms with Crippen molar-refractivity contribution in [2.45, 2.75) is 6.92 Å². The normalized spacial score (nSPS) is 9.00. The molecule has 0 aliphatic carbocycles. The van der Waals surface area contributed by atoms with Crippen LogP contribution in [0.25, 0.3) is 0 Å². The van der Waals surface area contributed by atoms with Crippen molar-refractivity contribution in [2.75, 3.05) is 0 Å². The Morgan fingerprint density at radius 1 is 1.38 bits per heavy atom. The molecule has 0 radical (unpaired) electrons. The minimum Gasteiger partial charge on any atom is -0.545 e. The maximum atomic E-state index is 10.3. The minimum absolute atomic E-state index is 0. The molecule has 0 atom stereocenters. The SMILES string of the molecule is Cc1cc(O)cc(C(=O)[O-])c1O.[Na+]. The van der Waals surface area contributed by atoms with Crippen LogP contribution in [0.5, 0.6) is 11.5 Å². The van der Waals surface area contributed by atoms with E-state index in [0.29, 0.717) is 5.56 Å². The van der Waals surface area contributed by atoms with Gasteiger partial charge in [-0.05, 0) is 24.6 Å². The third kappa shape index (κ3) is 2.62. The van der Waals surface area contributed by atoms with Crippen LogP contribution < -0.4 is 34.7 Å². The molecule has 0 aliphatic rings. The monoisotopic (exact) mass is 190 g/mol. The van der Waals surface area contributed by atoms with Gasteiger partial charge < -0.3 is 20.1 Å². The van der Waals surface area contributed by atoms with Crippen LogP contribution in [0.1, 0.15) is 15.9 Å². The fraction of sp³-hybridized carbons (Fsp3) is 0.125. The molecule has 4 nitrogen and oxygen atoms in total. The van der Waals surface area contributed by atoms with Gasteiger partial charge in [0.2, 0.25) is 0 Å². The molecule has 5 heteroatoms. The zero-order chi connectivity index (χ0) is 9.30. The molecule has 0 bridgehead atoms. The zero-order valence-corrected chi connectivity index (χ0v) is 9.37. The van der Waals surface area contributed by atoms with E-state index in [2.05, 4.69) is 0 Å².